The molecule has 8 aliphatic heterocycles. The van der Waals surface area contributed by atoms with Crippen molar-refractivity contribution in [3.63, 3.8) is 0 Å². The minimum Gasteiger partial charge on any atom is -1.00 e. The number of nitrogens with zero attached hydrogens (tertiary/aromatic N) is 5. The van der Waals surface area contributed by atoms with Crippen molar-refractivity contribution in [2.75, 3.05) is 175 Å². The number of aromatic amines is 3. The van der Waals surface area contributed by atoms with Crippen LogP contribution in [0.5, 0.6) is 0 Å². The molecule has 3 aromatic rings. The Hall–Kier alpha value is -5.02. The molecule has 0 aromatic carbocycles. The molecule has 44 heteroatoms. The molecule has 0 radical (unpaired) electrons. The van der Waals surface area contributed by atoms with Crippen molar-refractivity contribution in [1.29, 1.82) is 0 Å². The summed E-state index contributed by atoms with van der Waals surface area (Å²) < 4.78 is 116. The van der Waals surface area contributed by atoms with Gasteiger partial charge in [0.15, 0.2) is 34.7 Å². The maximum atomic E-state index is 11.1. The average molecular weight is 2150 g/mol. The summed E-state index contributed by atoms with van der Waals surface area (Å²) in [5.41, 5.74) is 4.76. The van der Waals surface area contributed by atoms with Gasteiger partial charge in [-0.25, -0.2) is 19.7 Å². The second-order valence-electron chi connectivity index (χ2n) is 37.7. The number of methoxy groups -OCH3 is 3. The molecule has 0 bridgehead atoms. The van der Waals surface area contributed by atoms with Gasteiger partial charge in [0.25, 0.3) is 9.24 Å². The number of ether oxygens (including phenoxy) is 17. The molecule has 11 heterocycles. The van der Waals surface area contributed by atoms with Crippen LogP contribution in [-0.2, 0) is 157 Å². The Balaban J connectivity index is 0.000000407. The van der Waals surface area contributed by atoms with Crippen LogP contribution in [0.3, 0.4) is 0 Å². The van der Waals surface area contributed by atoms with E-state index in [0.29, 0.717) is 125 Å². The number of nitrogens with one attached hydrogen (secondary N) is 3. The third-order valence-corrected chi connectivity index (χ3v) is 29.0. The van der Waals surface area contributed by atoms with Gasteiger partial charge in [0.2, 0.25) is 0 Å². The number of aldehydes is 2. The number of hydrogen-bond acceptors (Lipinski definition) is 36. The van der Waals surface area contributed by atoms with E-state index in [9.17, 15) is 46.8 Å². The molecule has 39 nitrogen and oxygen atoms in total. The summed E-state index contributed by atoms with van der Waals surface area (Å²) in [5, 5.41) is 17.3. The Kier molecular flexibility index (Phi) is 70.8. The number of aliphatic hydroxyl groups excluding tert-OH is 2. The summed E-state index contributed by atoms with van der Waals surface area (Å²) in [6, 6.07) is 0. The number of halogens is 2. The normalized spacial score (nSPS) is 23.4. The Morgan fingerprint density at radius 2 is 0.745 bits per heavy atom. The molecule has 828 valence electrons. The van der Waals surface area contributed by atoms with Crippen LogP contribution < -0.4 is 12.4 Å². The molecular formula is C101H170Cl2MgN8O31S2. The van der Waals surface area contributed by atoms with Gasteiger partial charge in [-0.1, -0.05) is 5.57 Å². The van der Waals surface area contributed by atoms with Gasteiger partial charge in [-0.2, -0.15) is 17.8 Å². The second kappa shape index (κ2) is 76.5. The van der Waals surface area contributed by atoms with Crippen molar-refractivity contribution in [3.8, 4) is 0 Å². The second-order valence-corrected chi connectivity index (χ2v) is 40.9. The molecule has 16 fully saturated rings. The van der Waals surface area contributed by atoms with Crippen LogP contribution in [-0.4, -0.2) is 339 Å². The van der Waals surface area contributed by atoms with E-state index in [2.05, 4.69) is 53.4 Å². The summed E-state index contributed by atoms with van der Waals surface area (Å²) in [6.45, 7) is 13.0. The number of aliphatic hydroxyl groups is 2. The number of Topliss-reactive ketones (excluding diaryl/α,β-unsaturated/α-hetero) is 3. The van der Waals surface area contributed by atoms with E-state index >= 15 is 0 Å². The molecule has 8 aliphatic carbocycles. The van der Waals surface area contributed by atoms with E-state index in [4.69, 9.17) is 87.2 Å². The van der Waals surface area contributed by atoms with Crippen LogP contribution in [0.15, 0.2) is 49.2 Å². The third-order valence-electron chi connectivity index (χ3n) is 27.1. The maximum absolute atomic E-state index is 11.1. The first-order valence-corrected chi connectivity index (χ1v) is 54.3. The molecular weight excluding hydrogens is 1980 g/mol. The summed E-state index contributed by atoms with van der Waals surface area (Å²) >= 11 is 1.17. The Labute approximate surface area is 890 Å². The zero-order chi connectivity index (χ0) is 103. The quantitative estimate of drug-likeness (QED) is 0.00636. The smallest absolute Gasteiger partial charge is 1.00 e. The Morgan fingerprint density at radius 1 is 0.448 bits per heavy atom. The van der Waals surface area contributed by atoms with Crippen LogP contribution >= 0.6 is 22.7 Å². The fourth-order valence-electron chi connectivity index (χ4n) is 18.8. The number of esters is 3. The van der Waals surface area contributed by atoms with E-state index in [-0.39, 0.29) is 96.0 Å². The van der Waals surface area contributed by atoms with Crippen molar-refractivity contribution in [2.45, 2.75) is 311 Å². The van der Waals surface area contributed by atoms with Gasteiger partial charge in [0.05, 0.1) is 120 Å². The van der Waals surface area contributed by atoms with Crippen molar-refractivity contribution in [2.24, 2.45) is 35.5 Å². The van der Waals surface area contributed by atoms with Crippen molar-refractivity contribution in [1.82, 2.24) is 39.3 Å². The number of imidazole rings is 3. The molecule has 5 N–H and O–H groups in total. The fraction of sp³-hybridized carbons (Fsp3) is 0.802. The molecule has 145 heavy (non-hydrogen) atoms. The topological polar surface area (TPSA) is 479 Å². The van der Waals surface area contributed by atoms with E-state index in [1.165, 1.54) is 108 Å². The standard InChI is InChI=1S/C12H18N2O2.C11H18O4.C11H16O4.2C10H14N2O.C10H18O3.C10H16O3.C8H12O3.C4H6O3.2C4H8O.C3H9NO2S.C2H6ClNO2S.CH4O.CH3.ClH.Mg/c1-3-12(15-5-6-16-12)4-2-10(1)7-11-8-13-9-14-11;2*1-13-10(12)8-9-2-4-11(5-3-9)14-6-7-15-11;2*13-10-3-1-8(2-4-10)5-9-6-11-7-12-9;2*11-6-3-9-1-4-10(5-2-9)12-7-8-13-10;9-7-1-3-8(4-2-7)10-5-6-11-8;1-7-4(6)2-3-5;2*1-2-4-5-3-1;1-4(2)5-6-7-3;1-4(2)7(3,5)6;1-2;;;/h8-10H,1-7H2,(H,13,14);9H,2-8H2,1H3;8H,2-7H2,1H3;2*6-8H,1-5H2,(H,11,12);9,11H,1-8H2;6,9H,1-5,7-8H2;1-6H2;3H,2H2,1H3;2*1-4H2;1-3H3;1-2H3;2H,1H3;1H3;1H;/q;;;;;;;;;;;;;;-1;;+2/p-1. The minimum atomic E-state index is -3.44. The number of hydrogen-bond donors (Lipinski definition) is 5. The molecule has 8 saturated heterocycles. The number of rotatable bonds is 19. The fourth-order valence-corrected chi connectivity index (χ4v) is 19.0. The Bertz CT molecular complexity index is 3870. The van der Waals surface area contributed by atoms with Gasteiger partial charge < -0.3 is 135 Å². The molecule has 3 aromatic heterocycles. The van der Waals surface area contributed by atoms with E-state index in [1.807, 2.05) is 18.6 Å². The van der Waals surface area contributed by atoms with Crippen LogP contribution in [0, 0.1) is 42.9 Å². The number of allylic oxidation sites excluding steroid dienone is 1. The predicted octanol–water partition coefficient (Wildman–Crippen LogP) is 10.6. The molecule has 6 spiro atoms. The molecule has 8 saturated carbocycles. The average Bonchev–Trinajstić information content (AvgIpc) is 1.57. The number of ketones is 3. The van der Waals surface area contributed by atoms with Crippen LogP contribution in [0.25, 0.3) is 0 Å². The first-order chi connectivity index (χ1) is 68.6. The zero-order valence-corrected chi connectivity index (χ0v) is 92.4. The van der Waals surface area contributed by atoms with Crippen molar-refractivity contribution >= 4 is 103 Å². The third kappa shape index (κ3) is 55.4. The maximum Gasteiger partial charge on any atom is 2.00 e. The monoisotopic (exact) mass is 2150 g/mol. The summed E-state index contributed by atoms with van der Waals surface area (Å²) in [5.74, 6) is 2.39. The van der Waals surface area contributed by atoms with Crippen LogP contribution in [0.2, 0.25) is 0 Å². The van der Waals surface area contributed by atoms with E-state index < -0.39 is 15.2 Å². The number of carbonyl (C=O) groups excluding carboxylic acids is 8. The van der Waals surface area contributed by atoms with Gasteiger partial charge in [0, 0.05) is 267 Å². The number of carbonyl (C=O) groups is 8. The van der Waals surface area contributed by atoms with Gasteiger partial charge in [-0.15, -0.1) is 9.32 Å². The van der Waals surface area contributed by atoms with Crippen molar-refractivity contribution < 1.29 is 159 Å². The molecule has 19 rings (SSSR count). The summed E-state index contributed by atoms with van der Waals surface area (Å²) in [7, 11) is 12.6. The largest absolute Gasteiger partial charge is 2.00 e. The predicted molar refractivity (Wildman–Crippen MR) is 538 cm³/mol. The first kappa shape index (κ1) is 134. The molecule has 0 atom stereocenters. The Morgan fingerprint density at radius 3 is 0.993 bits per heavy atom. The number of aromatic nitrogens is 6. The minimum absolute atomic E-state index is 0. The van der Waals surface area contributed by atoms with E-state index in [0.717, 1.165) is 301 Å². The first-order valence-electron chi connectivity index (χ1n) is 50.9. The van der Waals surface area contributed by atoms with Gasteiger partial charge in [-0.3, -0.25) is 24.0 Å². The number of H-pyrrole nitrogens is 3. The van der Waals surface area contributed by atoms with Gasteiger partial charge in [0.1, 0.15) is 36.3 Å². The molecule has 0 unspecified atom stereocenters. The summed E-state index contributed by atoms with van der Waals surface area (Å²) in [6.07, 6.45) is 56.2. The van der Waals surface area contributed by atoms with Gasteiger partial charge in [-0.05, 0) is 177 Å². The van der Waals surface area contributed by atoms with Gasteiger partial charge >= 0.3 is 41.0 Å². The van der Waals surface area contributed by atoms with Crippen LogP contribution in [0.1, 0.15) is 274 Å². The molecule has 16 aliphatic rings. The van der Waals surface area contributed by atoms with Crippen LogP contribution in [0.4, 0.5) is 0 Å². The number of hydroxylamine groups is 2. The summed E-state index contributed by atoms with van der Waals surface area (Å²) in [4.78, 5) is 111. The molecule has 0 amide bonds. The SMILES string of the molecule is C1CCOC1.C1CCOC1.CN(C)S(=O)(=O)Cl.CO.COC(=O)C=C1CCC2(CC1)OCCO2.COC(=O)CC1CCC2(CC1)OCCO2.COC(=O)CC=O.CSOON(C)C.O=C1CCC(Cc2cnc[nH]2)CC1.O=C1CCC(Cc2cnc[nH]2)CC1.O=C1CCC2(CC1)OCCO2.O=CCC1CCC2(CC1)OCCO2.OCCC1CCC2(CC1)OCCO2.[CH3-].[Cl-].[Mg+2].c1ncc(CC2CCC3(CC2)OCCO3)[nH]1. The zero-order valence-electron chi connectivity index (χ0n) is 87.8. The van der Waals surface area contributed by atoms with E-state index in [1.54, 1.807) is 45.4 Å². The van der Waals surface area contributed by atoms with Crippen molar-refractivity contribution in [3.05, 3.63) is 73.7 Å².